The van der Waals surface area contributed by atoms with Crippen LogP contribution >= 0.6 is 0 Å². The lowest BCUT2D eigenvalue weighted by Gasteiger charge is -2.45. The molecule has 0 saturated heterocycles. The Balaban J connectivity index is 2.31. The van der Waals surface area contributed by atoms with Crippen molar-refractivity contribution >= 4 is 0 Å². The van der Waals surface area contributed by atoms with Crippen molar-refractivity contribution in [3.05, 3.63) is 23.3 Å². The molecule has 1 saturated carbocycles. The monoisotopic (exact) mass is 220 g/mol. The second kappa shape index (κ2) is 4.03. The lowest BCUT2D eigenvalue weighted by atomic mass is 9.60. The van der Waals surface area contributed by atoms with E-state index in [-0.39, 0.29) is 6.10 Å². The Morgan fingerprint density at radius 3 is 2.62 bits per heavy atom. The van der Waals surface area contributed by atoms with Gasteiger partial charge < -0.3 is 5.11 Å². The van der Waals surface area contributed by atoms with E-state index in [4.69, 9.17) is 0 Å². The SMILES string of the molecule is C=C(C)[C@H]1CC[C@@]2(C)CC[C@H](O)C(C)=C2C1. The zero-order valence-corrected chi connectivity index (χ0v) is 10.8. The zero-order valence-electron chi connectivity index (χ0n) is 10.8. The fourth-order valence-electron chi connectivity index (χ4n) is 3.44. The minimum atomic E-state index is -0.188. The van der Waals surface area contributed by atoms with Crippen molar-refractivity contribution in [2.24, 2.45) is 11.3 Å². The van der Waals surface area contributed by atoms with Crippen molar-refractivity contribution < 1.29 is 5.11 Å². The molecule has 1 N–H and O–H groups in total. The summed E-state index contributed by atoms with van der Waals surface area (Å²) in [7, 11) is 0. The first-order valence-corrected chi connectivity index (χ1v) is 6.47. The summed E-state index contributed by atoms with van der Waals surface area (Å²) >= 11 is 0. The second-order valence-electron chi connectivity index (χ2n) is 6.06. The molecule has 0 amide bonds. The summed E-state index contributed by atoms with van der Waals surface area (Å²) in [6.45, 7) is 10.7. The summed E-state index contributed by atoms with van der Waals surface area (Å²) in [6, 6.07) is 0. The third-order valence-electron chi connectivity index (χ3n) is 4.87. The van der Waals surface area contributed by atoms with E-state index >= 15 is 0 Å². The Hall–Kier alpha value is -0.560. The molecule has 0 bridgehead atoms. The molecule has 0 aliphatic heterocycles. The van der Waals surface area contributed by atoms with E-state index in [1.807, 2.05) is 0 Å². The zero-order chi connectivity index (χ0) is 11.9. The van der Waals surface area contributed by atoms with Crippen molar-refractivity contribution in [1.29, 1.82) is 0 Å². The second-order valence-corrected chi connectivity index (χ2v) is 6.06. The predicted octanol–water partition coefficient (Wildman–Crippen LogP) is 3.84. The Morgan fingerprint density at radius 2 is 2.00 bits per heavy atom. The van der Waals surface area contributed by atoms with Crippen molar-refractivity contribution in [3.63, 3.8) is 0 Å². The molecule has 0 radical (unpaired) electrons. The van der Waals surface area contributed by atoms with Crippen LogP contribution in [0, 0.1) is 11.3 Å². The van der Waals surface area contributed by atoms with E-state index in [2.05, 4.69) is 27.4 Å². The average molecular weight is 220 g/mol. The van der Waals surface area contributed by atoms with E-state index in [1.165, 1.54) is 29.6 Å². The molecular weight excluding hydrogens is 196 g/mol. The van der Waals surface area contributed by atoms with Crippen LogP contribution in [0.4, 0.5) is 0 Å². The van der Waals surface area contributed by atoms with E-state index in [1.54, 1.807) is 0 Å². The smallest absolute Gasteiger partial charge is 0.0750 e. The third kappa shape index (κ3) is 1.86. The first-order valence-electron chi connectivity index (χ1n) is 6.47. The molecule has 1 heteroatoms. The summed E-state index contributed by atoms with van der Waals surface area (Å²) in [5.41, 5.74) is 4.46. The summed E-state index contributed by atoms with van der Waals surface area (Å²) in [4.78, 5) is 0. The van der Waals surface area contributed by atoms with Crippen LogP contribution in [0.25, 0.3) is 0 Å². The molecule has 0 aromatic rings. The molecule has 3 atom stereocenters. The summed E-state index contributed by atoms with van der Waals surface area (Å²) in [6.07, 6.45) is 5.59. The van der Waals surface area contributed by atoms with Gasteiger partial charge in [-0.2, -0.15) is 0 Å². The van der Waals surface area contributed by atoms with E-state index in [0.29, 0.717) is 11.3 Å². The van der Waals surface area contributed by atoms with Gasteiger partial charge in [0.25, 0.3) is 0 Å². The fraction of sp³-hybridized carbons (Fsp3) is 0.733. The molecule has 2 aliphatic carbocycles. The predicted molar refractivity (Wildman–Crippen MR) is 68.2 cm³/mol. The van der Waals surface area contributed by atoms with Gasteiger partial charge in [0.1, 0.15) is 0 Å². The average Bonchev–Trinajstić information content (AvgIpc) is 2.24. The van der Waals surface area contributed by atoms with Gasteiger partial charge in [-0.1, -0.05) is 24.6 Å². The maximum Gasteiger partial charge on any atom is 0.0750 e. The highest BCUT2D eigenvalue weighted by atomic mass is 16.3. The van der Waals surface area contributed by atoms with Gasteiger partial charge in [0.05, 0.1) is 6.10 Å². The largest absolute Gasteiger partial charge is 0.389 e. The van der Waals surface area contributed by atoms with Crippen LogP contribution in [0.3, 0.4) is 0 Å². The third-order valence-corrected chi connectivity index (χ3v) is 4.87. The highest BCUT2D eigenvalue weighted by Crippen LogP contribution is 2.51. The van der Waals surface area contributed by atoms with Crippen LogP contribution in [0.5, 0.6) is 0 Å². The van der Waals surface area contributed by atoms with E-state index in [0.717, 1.165) is 19.3 Å². The number of fused-ring (bicyclic) bond motifs is 1. The standard InChI is InChI=1S/C15H24O/c1-10(2)12-5-7-15(4)8-6-14(16)11(3)13(15)9-12/h12,14,16H,1,5-9H2,2-4H3/t12-,14-,15-/m0/s1. The van der Waals surface area contributed by atoms with Gasteiger partial charge in [-0.15, -0.1) is 0 Å². The van der Waals surface area contributed by atoms with Gasteiger partial charge in [0.15, 0.2) is 0 Å². The quantitative estimate of drug-likeness (QED) is 0.666. The maximum absolute atomic E-state index is 9.98. The molecule has 0 aromatic heterocycles. The van der Waals surface area contributed by atoms with Gasteiger partial charge in [-0.25, -0.2) is 0 Å². The normalized spacial score (nSPS) is 39.5. The molecule has 1 nitrogen and oxygen atoms in total. The van der Waals surface area contributed by atoms with Gasteiger partial charge in [0.2, 0.25) is 0 Å². The van der Waals surface area contributed by atoms with Gasteiger partial charge >= 0.3 is 0 Å². The van der Waals surface area contributed by atoms with Crippen molar-refractivity contribution in [1.82, 2.24) is 0 Å². The molecule has 0 aromatic carbocycles. The highest BCUT2D eigenvalue weighted by Gasteiger charge is 2.40. The first kappa shape index (κ1) is 11.9. The molecule has 2 rings (SSSR count). The lowest BCUT2D eigenvalue weighted by molar-refractivity contribution is 0.133. The van der Waals surface area contributed by atoms with Gasteiger partial charge in [-0.3, -0.25) is 0 Å². The van der Waals surface area contributed by atoms with Crippen LogP contribution in [-0.4, -0.2) is 11.2 Å². The van der Waals surface area contributed by atoms with Crippen LogP contribution in [0.1, 0.15) is 52.9 Å². The number of rotatable bonds is 1. The number of aliphatic hydroxyl groups excluding tert-OH is 1. The van der Waals surface area contributed by atoms with Crippen LogP contribution in [0.15, 0.2) is 23.3 Å². The molecule has 0 unspecified atom stereocenters. The van der Waals surface area contributed by atoms with Crippen LogP contribution in [0.2, 0.25) is 0 Å². The fourth-order valence-corrected chi connectivity index (χ4v) is 3.44. The number of hydrogen-bond donors (Lipinski definition) is 1. The molecule has 1 fully saturated rings. The molecular formula is C15H24O. The van der Waals surface area contributed by atoms with Crippen molar-refractivity contribution in [2.75, 3.05) is 0 Å². The van der Waals surface area contributed by atoms with Gasteiger partial charge in [-0.05, 0) is 62.9 Å². The maximum atomic E-state index is 9.98. The minimum absolute atomic E-state index is 0.188. The summed E-state index contributed by atoms with van der Waals surface area (Å²) < 4.78 is 0. The Kier molecular flexibility index (Phi) is 3.00. The summed E-state index contributed by atoms with van der Waals surface area (Å²) in [5, 5.41) is 9.98. The molecule has 0 heterocycles. The van der Waals surface area contributed by atoms with E-state index < -0.39 is 0 Å². The number of aliphatic hydroxyl groups is 1. The Labute approximate surface area is 99.3 Å². The van der Waals surface area contributed by atoms with Crippen LogP contribution < -0.4 is 0 Å². The number of allylic oxidation sites excluding steroid dienone is 2. The first-order chi connectivity index (χ1) is 7.44. The topological polar surface area (TPSA) is 20.2 Å². The van der Waals surface area contributed by atoms with Crippen molar-refractivity contribution in [3.8, 4) is 0 Å². The van der Waals surface area contributed by atoms with Crippen molar-refractivity contribution in [2.45, 2.75) is 59.0 Å². The van der Waals surface area contributed by atoms with Gasteiger partial charge in [0, 0.05) is 0 Å². The molecule has 2 aliphatic rings. The van der Waals surface area contributed by atoms with Crippen LogP contribution in [-0.2, 0) is 0 Å². The summed E-state index contributed by atoms with van der Waals surface area (Å²) in [5.74, 6) is 0.642. The number of hydrogen-bond acceptors (Lipinski definition) is 1. The Morgan fingerprint density at radius 1 is 1.38 bits per heavy atom. The van der Waals surface area contributed by atoms with E-state index in [9.17, 15) is 5.11 Å². The molecule has 90 valence electrons. The minimum Gasteiger partial charge on any atom is -0.389 e. The Bertz CT molecular complexity index is 339. The molecule has 0 spiro atoms. The molecule has 16 heavy (non-hydrogen) atoms. The lowest BCUT2D eigenvalue weighted by Crippen LogP contribution is -2.35. The highest BCUT2D eigenvalue weighted by molar-refractivity contribution is 5.30.